The van der Waals surface area contributed by atoms with E-state index >= 15 is 0 Å². The number of piperazine rings is 1. The summed E-state index contributed by atoms with van der Waals surface area (Å²) in [6, 6.07) is 10.5. The van der Waals surface area contributed by atoms with Crippen LogP contribution in [-0.4, -0.2) is 52.4 Å². The van der Waals surface area contributed by atoms with Gasteiger partial charge in [-0.25, -0.2) is 9.18 Å². The van der Waals surface area contributed by atoms with E-state index in [1.165, 1.54) is 16.7 Å². The molecular formula is C20H17ClFN3O4. The molecule has 4 rings (SSSR count). The highest BCUT2D eigenvalue weighted by atomic mass is 35.5. The van der Waals surface area contributed by atoms with Crippen molar-refractivity contribution in [3.63, 3.8) is 0 Å². The van der Waals surface area contributed by atoms with Crippen LogP contribution < -0.4 is 5.76 Å². The highest BCUT2D eigenvalue weighted by Gasteiger charge is 2.26. The number of hydrogen-bond donors (Lipinski definition) is 0. The van der Waals surface area contributed by atoms with E-state index in [0.717, 1.165) is 6.07 Å². The van der Waals surface area contributed by atoms with E-state index in [2.05, 4.69) is 0 Å². The van der Waals surface area contributed by atoms with Gasteiger partial charge in [0.15, 0.2) is 5.58 Å². The summed E-state index contributed by atoms with van der Waals surface area (Å²) in [4.78, 5) is 40.5. The molecule has 1 aliphatic heterocycles. The molecule has 1 fully saturated rings. The van der Waals surface area contributed by atoms with Crippen molar-refractivity contribution < 1.29 is 18.4 Å². The molecule has 0 atom stereocenters. The van der Waals surface area contributed by atoms with Gasteiger partial charge >= 0.3 is 5.76 Å². The number of hydrogen-bond acceptors (Lipinski definition) is 4. The number of nitrogens with zero attached hydrogens (tertiary/aromatic N) is 3. The fourth-order valence-corrected chi connectivity index (χ4v) is 3.64. The van der Waals surface area contributed by atoms with Crippen LogP contribution in [0.4, 0.5) is 4.39 Å². The van der Waals surface area contributed by atoms with Crippen molar-refractivity contribution in [3.8, 4) is 0 Å². The molecule has 1 aliphatic rings. The standard InChI is InChI=1S/C20H17ClFN3O4/c21-15-11-13(22)5-6-14(15)19(27)24-9-7-23(8-10-24)18(26)12-25-16-3-1-2-4-17(16)29-20(25)28/h1-6,11H,7-10,12H2. The zero-order valence-electron chi connectivity index (χ0n) is 15.3. The molecule has 9 heteroatoms. The number of aromatic nitrogens is 1. The van der Waals surface area contributed by atoms with Gasteiger partial charge in [0.25, 0.3) is 5.91 Å². The molecule has 3 aromatic rings. The molecule has 2 aromatic carbocycles. The minimum Gasteiger partial charge on any atom is -0.408 e. The van der Waals surface area contributed by atoms with Gasteiger partial charge in [-0.15, -0.1) is 0 Å². The minimum absolute atomic E-state index is 0.0553. The predicted octanol–water partition coefficient (Wildman–Crippen LogP) is 2.37. The van der Waals surface area contributed by atoms with Crippen molar-refractivity contribution >= 4 is 34.5 Å². The van der Waals surface area contributed by atoms with Crippen molar-refractivity contribution in [2.75, 3.05) is 26.2 Å². The second-order valence-corrected chi connectivity index (χ2v) is 7.13. The maximum absolute atomic E-state index is 13.2. The summed E-state index contributed by atoms with van der Waals surface area (Å²) in [5.41, 5.74) is 1.21. The van der Waals surface area contributed by atoms with Crippen molar-refractivity contribution in [2.24, 2.45) is 0 Å². The van der Waals surface area contributed by atoms with E-state index < -0.39 is 11.6 Å². The summed E-state index contributed by atoms with van der Waals surface area (Å²) in [6.07, 6.45) is 0. The Bertz CT molecular complexity index is 1150. The SMILES string of the molecule is O=C(Cn1c(=O)oc2ccccc21)N1CCN(C(=O)c2ccc(F)cc2Cl)CC1. The third-order valence-corrected chi connectivity index (χ3v) is 5.26. The lowest BCUT2D eigenvalue weighted by atomic mass is 10.1. The van der Waals surface area contributed by atoms with E-state index in [1.807, 2.05) is 0 Å². The highest BCUT2D eigenvalue weighted by molar-refractivity contribution is 6.33. The quantitative estimate of drug-likeness (QED) is 0.655. The minimum atomic E-state index is -0.584. The Morgan fingerprint density at radius 2 is 1.72 bits per heavy atom. The van der Waals surface area contributed by atoms with Crippen LogP contribution in [-0.2, 0) is 11.3 Å². The fraction of sp³-hybridized carbons (Fsp3) is 0.250. The monoisotopic (exact) mass is 417 g/mol. The molecule has 7 nitrogen and oxygen atoms in total. The van der Waals surface area contributed by atoms with Crippen LogP contribution in [0.15, 0.2) is 51.7 Å². The normalized spacial score (nSPS) is 14.4. The Kier molecular flexibility index (Phi) is 5.10. The van der Waals surface area contributed by atoms with Gasteiger partial charge in [0.05, 0.1) is 16.1 Å². The summed E-state index contributed by atoms with van der Waals surface area (Å²) in [5.74, 6) is -1.63. The van der Waals surface area contributed by atoms with Crippen molar-refractivity contribution in [1.82, 2.24) is 14.4 Å². The van der Waals surface area contributed by atoms with Crippen LogP contribution in [0.1, 0.15) is 10.4 Å². The van der Waals surface area contributed by atoms with Gasteiger partial charge in [-0.3, -0.25) is 14.2 Å². The number of amides is 2. The van der Waals surface area contributed by atoms with E-state index in [9.17, 15) is 18.8 Å². The van der Waals surface area contributed by atoms with Crippen LogP contribution in [0.5, 0.6) is 0 Å². The zero-order chi connectivity index (χ0) is 20.5. The molecule has 2 amide bonds. The zero-order valence-corrected chi connectivity index (χ0v) is 16.1. The molecule has 150 valence electrons. The molecule has 0 saturated carbocycles. The van der Waals surface area contributed by atoms with E-state index in [0.29, 0.717) is 37.3 Å². The number of carbonyl (C=O) groups excluding carboxylic acids is 2. The summed E-state index contributed by atoms with van der Waals surface area (Å²) in [6.45, 7) is 1.16. The first kappa shape index (κ1) is 19.2. The summed E-state index contributed by atoms with van der Waals surface area (Å²) in [7, 11) is 0. The molecular weight excluding hydrogens is 401 g/mol. The predicted molar refractivity (Wildman–Crippen MR) is 104 cm³/mol. The number of halogens is 2. The van der Waals surface area contributed by atoms with Gasteiger partial charge in [-0.1, -0.05) is 23.7 Å². The van der Waals surface area contributed by atoms with Gasteiger partial charge in [-0.2, -0.15) is 0 Å². The van der Waals surface area contributed by atoms with Crippen LogP contribution >= 0.6 is 11.6 Å². The van der Waals surface area contributed by atoms with E-state index in [1.54, 1.807) is 34.1 Å². The highest BCUT2D eigenvalue weighted by Crippen LogP contribution is 2.20. The second kappa shape index (κ2) is 7.71. The third-order valence-electron chi connectivity index (χ3n) is 4.95. The Balaban J connectivity index is 1.41. The Morgan fingerprint density at radius 1 is 1.03 bits per heavy atom. The van der Waals surface area contributed by atoms with Crippen LogP contribution in [0.25, 0.3) is 11.1 Å². The number of carbonyl (C=O) groups is 2. The van der Waals surface area contributed by atoms with Crippen molar-refractivity contribution in [3.05, 3.63) is 69.4 Å². The second-order valence-electron chi connectivity index (χ2n) is 6.72. The van der Waals surface area contributed by atoms with Crippen molar-refractivity contribution in [1.29, 1.82) is 0 Å². The number of rotatable bonds is 3. The first-order valence-corrected chi connectivity index (χ1v) is 9.42. The lowest BCUT2D eigenvalue weighted by Crippen LogP contribution is -2.51. The van der Waals surface area contributed by atoms with Crippen LogP contribution in [0.2, 0.25) is 5.02 Å². The van der Waals surface area contributed by atoms with Crippen molar-refractivity contribution in [2.45, 2.75) is 6.54 Å². The molecule has 0 radical (unpaired) electrons. The number of benzene rings is 2. The smallest absolute Gasteiger partial charge is 0.408 e. The molecule has 1 aromatic heterocycles. The first-order valence-electron chi connectivity index (χ1n) is 9.04. The Morgan fingerprint density at radius 3 is 2.45 bits per heavy atom. The van der Waals surface area contributed by atoms with Crippen LogP contribution in [0, 0.1) is 5.82 Å². The van der Waals surface area contributed by atoms with Crippen LogP contribution in [0.3, 0.4) is 0 Å². The third kappa shape index (κ3) is 3.75. The molecule has 1 saturated heterocycles. The van der Waals surface area contributed by atoms with Gasteiger partial charge in [-0.05, 0) is 30.3 Å². The summed E-state index contributed by atoms with van der Waals surface area (Å²) >= 11 is 5.97. The number of para-hydroxylation sites is 2. The molecule has 0 spiro atoms. The lowest BCUT2D eigenvalue weighted by Gasteiger charge is -2.35. The summed E-state index contributed by atoms with van der Waals surface area (Å²) < 4.78 is 19.6. The fourth-order valence-electron chi connectivity index (χ4n) is 3.39. The van der Waals surface area contributed by atoms with Gasteiger partial charge in [0, 0.05) is 26.2 Å². The number of fused-ring (bicyclic) bond motifs is 1. The average molecular weight is 418 g/mol. The molecule has 2 heterocycles. The topological polar surface area (TPSA) is 75.8 Å². The Labute approximate surface area is 169 Å². The van der Waals surface area contributed by atoms with Gasteiger partial charge < -0.3 is 14.2 Å². The molecule has 0 unspecified atom stereocenters. The van der Waals surface area contributed by atoms with Gasteiger partial charge in [0.2, 0.25) is 5.91 Å². The average Bonchev–Trinajstić information content (AvgIpc) is 3.03. The van der Waals surface area contributed by atoms with E-state index in [-0.39, 0.29) is 28.9 Å². The lowest BCUT2D eigenvalue weighted by molar-refractivity contribution is -0.133. The van der Waals surface area contributed by atoms with E-state index in [4.69, 9.17) is 16.0 Å². The molecule has 29 heavy (non-hydrogen) atoms. The first-order chi connectivity index (χ1) is 13.9. The molecule has 0 aliphatic carbocycles. The number of oxazole rings is 1. The molecule has 0 N–H and O–H groups in total. The maximum atomic E-state index is 13.2. The Hall–Kier alpha value is -3.13. The van der Waals surface area contributed by atoms with Gasteiger partial charge in [0.1, 0.15) is 12.4 Å². The molecule has 0 bridgehead atoms. The largest absolute Gasteiger partial charge is 0.420 e. The maximum Gasteiger partial charge on any atom is 0.420 e. The summed E-state index contributed by atoms with van der Waals surface area (Å²) in [5, 5.41) is 0.0553.